The molecule has 0 aliphatic carbocycles. The number of aromatic nitrogens is 2. The standard InChI is InChI=1S/C14H15N3S/c1-11-13(17-7-8-18-14(17)16-11)10-15-9-12-5-3-2-4-6-12/h2-8,15H,9-10H2,1H3. The average molecular weight is 257 g/mol. The number of imidazole rings is 1. The van der Waals surface area contributed by atoms with Crippen LogP contribution in [0.4, 0.5) is 0 Å². The molecule has 3 rings (SSSR count). The van der Waals surface area contributed by atoms with Gasteiger partial charge in [0.25, 0.3) is 0 Å². The molecular formula is C14H15N3S. The van der Waals surface area contributed by atoms with Crippen molar-refractivity contribution in [1.82, 2.24) is 14.7 Å². The second-order valence-corrected chi connectivity index (χ2v) is 5.16. The van der Waals surface area contributed by atoms with Crippen LogP contribution in [0.3, 0.4) is 0 Å². The third-order valence-corrected chi connectivity index (χ3v) is 3.78. The van der Waals surface area contributed by atoms with Crippen molar-refractivity contribution in [3.8, 4) is 0 Å². The van der Waals surface area contributed by atoms with Gasteiger partial charge in [-0.3, -0.25) is 4.40 Å². The first-order valence-electron chi connectivity index (χ1n) is 6.00. The van der Waals surface area contributed by atoms with Gasteiger partial charge in [0, 0.05) is 24.7 Å². The summed E-state index contributed by atoms with van der Waals surface area (Å²) in [6.07, 6.45) is 2.08. The van der Waals surface area contributed by atoms with Gasteiger partial charge in [0.15, 0.2) is 4.96 Å². The molecule has 2 aromatic heterocycles. The lowest BCUT2D eigenvalue weighted by Crippen LogP contribution is -2.14. The number of benzene rings is 1. The molecular weight excluding hydrogens is 242 g/mol. The summed E-state index contributed by atoms with van der Waals surface area (Å²) >= 11 is 1.68. The van der Waals surface area contributed by atoms with Crippen LogP contribution in [-0.2, 0) is 13.1 Å². The summed E-state index contributed by atoms with van der Waals surface area (Å²) < 4.78 is 2.16. The molecule has 3 aromatic rings. The number of aryl methyl sites for hydroxylation is 1. The molecule has 0 unspecified atom stereocenters. The highest BCUT2D eigenvalue weighted by atomic mass is 32.1. The van der Waals surface area contributed by atoms with Crippen molar-refractivity contribution < 1.29 is 0 Å². The van der Waals surface area contributed by atoms with E-state index < -0.39 is 0 Å². The number of fused-ring (bicyclic) bond motifs is 1. The Labute approximate surface area is 110 Å². The molecule has 0 aliphatic heterocycles. The van der Waals surface area contributed by atoms with E-state index in [0.29, 0.717) is 0 Å². The first-order chi connectivity index (χ1) is 8.84. The maximum absolute atomic E-state index is 4.54. The predicted molar refractivity (Wildman–Crippen MR) is 74.8 cm³/mol. The van der Waals surface area contributed by atoms with Crippen LogP contribution in [0.25, 0.3) is 4.96 Å². The molecule has 92 valence electrons. The first-order valence-corrected chi connectivity index (χ1v) is 6.88. The zero-order valence-electron chi connectivity index (χ0n) is 10.3. The van der Waals surface area contributed by atoms with E-state index in [4.69, 9.17) is 0 Å². The molecule has 0 amide bonds. The van der Waals surface area contributed by atoms with E-state index in [1.165, 1.54) is 11.3 Å². The number of rotatable bonds is 4. The summed E-state index contributed by atoms with van der Waals surface area (Å²) in [5, 5.41) is 5.54. The molecule has 0 radical (unpaired) electrons. The van der Waals surface area contributed by atoms with Gasteiger partial charge in [0.2, 0.25) is 0 Å². The van der Waals surface area contributed by atoms with E-state index >= 15 is 0 Å². The molecule has 0 saturated heterocycles. The average Bonchev–Trinajstić information content (AvgIpc) is 2.93. The largest absolute Gasteiger partial charge is 0.307 e. The van der Waals surface area contributed by atoms with Gasteiger partial charge in [-0.1, -0.05) is 30.3 Å². The van der Waals surface area contributed by atoms with Gasteiger partial charge in [0.05, 0.1) is 11.4 Å². The van der Waals surface area contributed by atoms with E-state index in [0.717, 1.165) is 23.7 Å². The summed E-state index contributed by atoms with van der Waals surface area (Å²) in [5.41, 5.74) is 3.67. The Hall–Kier alpha value is -1.65. The molecule has 0 atom stereocenters. The highest BCUT2D eigenvalue weighted by Crippen LogP contribution is 2.16. The molecule has 1 aromatic carbocycles. The van der Waals surface area contributed by atoms with Crippen molar-refractivity contribution in [3.05, 3.63) is 58.9 Å². The van der Waals surface area contributed by atoms with Crippen LogP contribution >= 0.6 is 11.3 Å². The van der Waals surface area contributed by atoms with E-state index in [1.807, 2.05) is 6.07 Å². The van der Waals surface area contributed by atoms with Crippen LogP contribution in [-0.4, -0.2) is 9.38 Å². The van der Waals surface area contributed by atoms with Crippen LogP contribution < -0.4 is 5.32 Å². The molecule has 0 aliphatic rings. The van der Waals surface area contributed by atoms with Crippen molar-refractivity contribution in [2.45, 2.75) is 20.0 Å². The van der Waals surface area contributed by atoms with E-state index in [-0.39, 0.29) is 0 Å². The molecule has 4 heteroatoms. The molecule has 3 nitrogen and oxygen atoms in total. The molecule has 2 heterocycles. The highest BCUT2D eigenvalue weighted by molar-refractivity contribution is 7.15. The maximum Gasteiger partial charge on any atom is 0.194 e. The van der Waals surface area contributed by atoms with Crippen molar-refractivity contribution in [2.24, 2.45) is 0 Å². The van der Waals surface area contributed by atoms with Gasteiger partial charge in [-0.25, -0.2) is 4.98 Å². The molecule has 1 N–H and O–H groups in total. The summed E-state index contributed by atoms with van der Waals surface area (Å²) in [6.45, 7) is 3.80. The van der Waals surface area contributed by atoms with Crippen LogP contribution in [0.2, 0.25) is 0 Å². The quantitative estimate of drug-likeness (QED) is 0.778. The van der Waals surface area contributed by atoms with Gasteiger partial charge in [-0.05, 0) is 12.5 Å². The van der Waals surface area contributed by atoms with Gasteiger partial charge < -0.3 is 5.32 Å². The number of hydrogen-bond donors (Lipinski definition) is 1. The highest BCUT2D eigenvalue weighted by Gasteiger charge is 2.08. The first kappa shape index (κ1) is 11.4. The molecule has 18 heavy (non-hydrogen) atoms. The van der Waals surface area contributed by atoms with E-state index in [9.17, 15) is 0 Å². The zero-order chi connectivity index (χ0) is 12.4. The van der Waals surface area contributed by atoms with Crippen LogP contribution in [0.15, 0.2) is 41.9 Å². The van der Waals surface area contributed by atoms with Gasteiger partial charge in [-0.15, -0.1) is 11.3 Å². The van der Waals surface area contributed by atoms with Crippen molar-refractivity contribution in [1.29, 1.82) is 0 Å². The number of thiazole rings is 1. The Kier molecular flexibility index (Phi) is 3.13. The van der Waals surface area contributed by atoms with Crippen LogP contribution in [0.5, 0.6) is 0 Å². The van der Waals surface area contributed by atoms with Gasteiger partial charge >= 0.3 is 0 Å². The lowest BCUT2D eigenvalue weighted by atomic mass is 10.2. The Bertz CT molecular complexity index is 639. The summed E-state index contributed by atoms with van der Waals surface area (Å²) in [5.74, 6) is 0. The molecule has 0 saturated carbocycles. The predicted octanol–water partition coefficient (Wildman–Crippen LogP) is 2.99. The van der Waals surface area contributed by atoms with Crippen LogP contribution in [0.1, 0.15) is 17.0 Å². The third kappa shape index (κ3) is 2.17. The Morgan fingerprint density at radius 1 is 1.22 bits per heavy atom. The number of hydrogen-bond acceptors (Lipinski definition) is 3. The monoisotopic (exact) mass is 257 g/mol. The maximum atomic E-state index is 4.54. The number of nitrogens with zero attached hydrogens (tertiary/aromatic N) is 2. The molecule has 0 spiro atoms. The minimum Gasteiger partial charge on any atom is -0.307 e. The second-order valence-electron chi connectivity index (χ2n) is 4.29. The Morgan fingerprint density at radius 2 is 2.06 bits per heavy atom. The van der Waals surface area contributed by atoms with E-state index in [1.54, 1.807) is 11.3 Å². The normalized spacial score (nSPS) is 11.2. The fourth-order valence-electron chi connectivity index (χ4n) is 2.07. The second kappa shape index (κ2) is 4.92. The zero-order valence-corrected chi connectivity index (χ0v) is 11.1. The van der Waals surface area contributed by atoms with Crippen molar-refractivity contribution >= 4 is 16.3 Å². The van der Waals surface area contributed by atoms with Crippen LogP contribution in [0, 0.1) is 6.92 Å². The number of nitrogens with one attached hydrogen (secondary N) is 1. The lowest BCUT2D eigenvalue weighted by molar-refractivity contribution is 0.673. The smallest absolute Gasteiger partial charge is 0.194 e. The fourth-order valence-corrected chi connectivity index (χ4v) is 2.85. The lowest BCUT2D eigenvalue weighted by Gasteiger charge is -2.05. The Morgan fingerprint density at radius 3 is 2.89 bits per heavy atom. The van der Waals surface area contributed by atoms with Gasteiger partial charge in [-0.2, -0.15) is 0 Å². The molecule has 0 bridgehead atoms. The summed E-state index contributed by atoms with van der Waals surface area (Å²) in [7, 11) is 0. The summed E-state index contributed by atoms with van der Waals surface area (Å²) in [4.78, 5) is 5.61. The summed E-state index contributed by atoms with van der Waals surface area (Å²) in [6, 6.07) is 10.4. The van der Waals surface area contributed by atoms with Crippen molar-refractivity contribution in [3.63, 3.8) is 0 Å². The fraction of sp³-hybridized carbons (Fsp3) is 0.214. The van der Waals surface area contributed by atoms with E-state index in [2.05, 4.69) is 57.5 Å². The topological polar surface area (TPSA) is 29.3 Å². The SMILES string of the molecule is Cc1nc2sccn2c1CNCc1ccccc1. The Balaban J connectivity index is 1.70. The third-order valence-electron chi connectivity index (χ3n) is 3.03. The minimum atomic E-state index is 0.846. The van der Waals surface area contributed by atoms with Gasteiger partial charge in [0.1, 0.15) is 0 Å². The molecule has 0 fully saturated rings. The minimum absolute atomic E-state index is 0.846. The van der Waals surface area contributed by atoms with Crippen molar-refractivity contribution in [2.75, 3.05) is 0 Å².